The number of nitrogens with zero attached hydrogens (tertiary/aromatic N) is 2. The highest BCUT2D eigenvalue weighted by molar-refractivity contribution is 5.76. The van der Waals surface area contributed by atoms with E-state index < -0.39 is 11.0 Å². The zero-order valence-electron chi connectivity index (χ0n) is 26.6. The lowest BCUT2D eigenvalue weighted by molar-refractivity contribution is -0.190. The summed E-state index contributed by atoms with van der Waals surface area (Å²) >= 11 is 0. The average molecular weight is 589 g/mol. The molecule has 3 unspecified atom stereocenters. The van der Waals surface area contributed by atoms with Gasteiger partial charge in [0.05, 0.1) is 0 Å². The second-order valence-corrected chi connectivity index (χ2v) is 14.0. The third-order valence-corrected chi connectivity index (χ3v) is 10.1. The van der Waals surface area contributed by atoms with Crippen molar-refractivity contribution >= 4 is 11.9 Å². The summed E-state index contributed by atoms with van der Waals surface area (Å²) in [5.41, 5.74) is 1.24. The number of benzene rings is 2. The Morgan fingerprint density at radius 3 is 2.51 bits per heavy atom. The first-order valence-corrected chi connectivity index (χ1v) is 16.7. The lowest BCUT2D eigenvalue weighted by atomic mass is 9.54. The van der Waals surface area contributed by atoms with E-state index in [4.69, 9.17) is 4.74 Å². The number of ether oxygens (including phenoxy) is 1. The molecular formula is C37H52N2O4. The molecule has 3 fully saturated rings. The summed E-state index contributed by atoms with van der Waals surface area (Å²) in [6.07, 6.45) is 10.3. The second-order valence-electron chi connectivity index (χ2n) is 14.0. The molecule has 0 radical (unpaired) electrons. The van der Waals surface area contributed by atoms with Gasteiger partial charge in [0.2, 0.25) is 5.91 Å². The van der Waals surface area contributed by atoms with Crippen molar-refractivity contribution in [2.45, 2.75) is 108 Å². The van der Waals surface area contributed by atoms with Crippen LogP contribution in [0.25, 0.3) is 0 Å². The molecule has 43 heavy (non-hydrogen) atoms. The van der Waals surface area contributed by atoms with Crippen molar-refractivity contribution in [3.8, 4) is 5.75 Å². The van der Waals surface area contributed by atoms with E-state index in [1.54, 1.807) is 6.07 Å². The molecule has 2 aromatic rings. The predicted molar refractivity (Wildman–Crippen MR) is 171 cm³/mol. The van der Waals surface area contributed by atoms with Gasteiger partial charge >= 0.3 is 5.97 Å². The Labute approximate surface area is 258 Å². The third kappa shape index (κ3) is 7.63. The largest absolute Gasteiger partial charge is 0.508 e. The highest BCUT2D eigenvalue weighted by atomic mass is 16.6. The quantitative estimate of drug-likeness (QED) is 0.204. The van der Waals surface area contributed by atoms with Crippen LogP contribution in [-0.4, -0.2) is 64.6 Å². The molecule has 6 nitrogen and oxygen atoms in total. The van der Waals surface area contributed by atoms with Crippen molar-refractivity contribution in [3.63, 3.8) is 0 Å². The molecule has 1 N–H and O–H groups in total. The monoisotopic (exact) mass is 588 g/mol. The molecule has 1 amide bonds. The molecule has 3 atom stereocenters. The van der Waals surface area contributed by atoms with E-state index in [2.05, 4.69) is 60.0 Å². The molecule has 2 saturated carbocycles. The number of piperidine rings is 1. The summed E-state index contributed by atoms with van der Waals surface area (Å²) in [6, 6.07) is 18.2. The summed E-state index contributed by atoms with van der Waals surface area (Å²) in [5, 5.41) is 10.6. The van der Waals surface area contributed by atoms with Crippen LogP contribution in [0.15, 0.2) is 54.6 Å². The van der Waals surface area contributed by atoms with E-state index >= 15 is 0 Å². The van der Waals surface area contributed by atoms with Crippen LogP contribution >= 0.6 is 0 Å². The number of hydrogen-bond donors (Lipinski definition) is 1. The molecule has 0 spiro atoms. The number of amides is 1. The first kappa shape index (κ1) is 31.6. The lowest BCUT2D eigenvalue weighted by Gasteiger charge is -2.60. The van der Waals surface area contributed by atoms with Gasteiger partial charge in [-0.3, -0.25) is 14.5 Å². The van der Waals surface area contributed by atoms with Gasteiger partial charge in [-0.15, -0.1) is 0 Å². The molecule has 3 aliphatic rings. The van der Waals surface area contributed by atoms with E-state index in [1.807, 2.05) is 12.1 Å². The molecule has 1 saturated heterocycles. The smallest absolute Gasteiger partial charge is 0.303 e. The molecule has 0 aromatic heterocycles. The van der Waals surface area contributed by atoms with Crippen LogP contribution in [0, 0.1) is 11.8 Å². The van der Waals surface area contributed by atoms with Crippen molar-refractivity contribution in [1.29, 1.82) is 0 Å². The first-order valence-electron chi connectivity index (χ1n) is 16.7. The van der Waals surface area contributed by atoms with Crippen LogP contribution in [0.5, 0.6) is 5.75 Å². The van der Waals surface area contributed by atoms with Gasteiger partial charge in [-0.25, -0.2) is 0 Å². The number of carbonyl (C=O) groups is 2. The maximum atomic E-state index is 13.9. The molecule has 1 heterocycles. The number of rotatable bonds is 13. The van der Waals surface area contributed by atoms with Gasteiger partial charge in [-0.05, 0) is 99.4 Å². The molecule has 234 valence electrons. The Hall–Kier alpha value is -2.86. The SMILES string of the molecule is CC(=O)OC12CCC(N(CC(C)C)C(=O)CCCCCc3ccccc3)CC1(c1cccc(O)c1)CCN(CC1CC1)C2. The third-order valence-electron chi connectivity index (χ3n) is 10.1. The zero-order valence-corrected chi connectivity index (χ0v) is 26.6. The Morgan fingerprint density at radius 1 is 1.02 bits per heavy atom. The Bertz CT molecular complexity index is 1230. The minimum atomic E-state index is -0.680. The van der Waals surface area contributed by atoms with E-state index in [0.717, 1.165) is 76.1 Å². The van der Waals surface area contributed by atoms with Crippen LogP contribution in [0.1, 0.15) is 96.1 Å². The number of unbranched alkanes of at least 4 members (excludes halogenated alkanes) is 2. The van der Waals surface area contributed by atoms with Crippen molar-refractivity contribution in [2.24, 2.45) is 11.8 Å². The van der Waals surface area contributed by atoms with Crippen LogP contribution in [0.2, 0.25) is 0 Å². The maximum Gasteiger partial charge on any atom is 0.303 e. The molecule has 2 aliphatic carbocycles. The van der Waals surface area contributed by atoms with Gasteiger partial charge in [0.15, 0.2) is 0 Å². The van der Waals surface area contributed by atoms with Crippen LogP contribution in [-0.2, 0) is 26.2 Å². The van der Waals surface area contributed by atoms with Crippen LogP contribution in [0.3, 0.4) is 0 Å². The fraction of sp³-hybridized carbons (Fsp3) is 0.622. The van der Waals surface area contributed by atoms with E-state index in [1.165, 1.54) is 25.3 Å². The number of aromatic hydroxyl groups is 1. The summed E-state index contributed by atoms with van der Waals surface area (Å²) in [4.78, 5) is 31.3. The Morgan fingerprint density at radius 2 is 1.81 bits per heavy atom. The topological polar surface area (TPSA) is 70.1 Å². The second kappa shape index (κ2) is 13.8. The van der Waals surface area contributed by atoms with Crippen LogP contribution < -0.4 is 0 Å². The maximum absolute atomic E-state index is 13.9. The number of fused-ring (bicyclic) bond motifs is 1. The summed E-state index contributed by atoms with van der Waals surface area (Å²) in [6.45, 7) is 9.34. The van der Waals surface area contributed by atoms with Gasteiger partial charge in [0.1, 0.15) is 11.4 Å². The first-order chi connectivity index (χ1) is 20.7. The molecule has 0 bridgehead atoms. The number of esters is 1. The lowest BCUT2D eigenvalue weighted by Crippen LogP contribution is -2.69. The van der Waals surface area contributed by atoms with Gasteiger partial charge in [-0.1, -0.05) is 62.7 Å². The molecule has 6 heteroatoms. The standard InChI is InChI=1S/C37H52N2O4/c1-28(2)25-39(35(42)16-9-5-8-13-30-11-6-4-7-12-30)33-19-20-37(43-29(3)40)27-38(26-31-17-18-31)22-21-36(37,24-33)32-14-10-15-34(41)23-32/h4,6-7,10-12,14-15,23,28,31,33,41H,5,8-9,13,16-22,24-27H2,1-3H3. The van der Waals surface area contributed by atoms with Gasteiger partial charge in [-0.2, -0.15) is 0 Å². The van der Waals surface area contributed by atoms with Crippen molar-refractivity contribution < 1.29 is 19.4 Å². The number of aryl methyl sites for hydroxylation is 1. The summed E-state index contributed by atoms with van der Waals surface area (Å²) < 4.78 is 6.44. The number of hydrogen-bond acceptors (Lipinski definition) is 5. The van der Waals surface area contributed by atoms with Crippen LogP contribution in [0.4, 0.5) is 0 Å². The summed E-state index contributed by atoms with van der Waals surface area (Å²) in [7, 11) is 0. The number of carbonyl (C=O) groups excluding carboxylic acids is 2. The summed E-state index contributed by atoms with van der Waals surface area (Å²) in [5.74, 6) is 1.35. The molecule has 5 rings (SSSR count). The highest BCUT2D eigenvalue weighted by Gasteiger charge is 2.61. The van der Waals surface area contributed by atoms with E-state index in [9.17, 15) is 14.7 Å². The fourth-order valence-electron chi connectivity index (χ4n) is 7.97. The van der Waals surface area contributed by atoms with Crippen molar-refractivity contribution in [3.05, 3.63) is 65.7 Å². The van der Waals surface area contributed by atoms with E-state index in [-0.39, 0.29) is 23.7 Å². The average Bonchev–Trinajstić information content (AvgIpc) is 3.79. The molecule has 2 aromatic carbocycles. The number of phenolic OH excluding ortho intramolecular Hbond substituents is 1. The minimum Gasteiger partial charge on any atom is -0.508 e. The fourth-order valence-corrected chi connectivity index (χ4v) is 7.97. The Balaban J connectivity index is 1.36. The van der Waals surface area contributed by atoms with Gasteiger partial charge in [0, 0.05) is 44.4 Å². The molecule has 1 aliphatic heterocycles. The minimum absolute atomic E-state index is 0.0697. The molecular weight excluding hydrogens is 536 g/mol. The normalized spacial score (nSPS) is 25.7. The predicted octanol–water partition coefficient (Wildman–Crippen LogP) is 6.89. The van der Waals surface area contributed by atoms with Gasteiger partial charge in [0.25, 0.3) is 0 Å². The Kier molecular flexibility index (Phi) is 10.2. The number of likely N-dealkylation sites (tertiary alicyclic amines) is 1. The van der Waals surface area contributed by atoms with Gasteiger partial charge < -0.3 is 14.7 Å². The zero-order chi connectivity index (χ0) is 30.5. The van der Waals surface area contributed by atoms with Crippen molar-refractivity contribution in [1.82, 2.24) is 9.80 Å². The highest BCUT2D eigenvalue weighted by Crippen LogP contribution is 2.55. The van der Waals surface area contributed by atoms with Crippen molar-refractivity contribution in [2.75, 3.05) is 26.2 Å². The van der Waals surface area contributed by atoms with E-state index in [0.29, 0.717) is 25.3 Å². The number of phenols is 1.